The molecule has 1 aromatic carbocycles. The van der Waals surface area contributed by atoms with E-state index in [2.05, 4.69) is 12.6 Å². The molecule has 12 heavy (non-hydrogen) atoms. The van der Waals surface area contributed by atoms with E-state index in [1.807, 2.05) is 32.0 Å². The van der Waals surface area contributed by atoms with Crippen molar-refractivity contribution in [2.45, 2.75) is 24.5 Å². The fraction of sp³-hybridized carbons (Fsp3) is 0.333. The summed E-state index contributed by atoms with van der Waals surface area (Å²) in [5, 5.41) is 0. The van der Waals surface area contributed by atoms with Crippen molar-refractivity contribution in [3.63, 3.8) is 0 Å². The second kappa shape index (κ2) is 2.33. The third-order valence-electron chi connectivity index (χ3n) is 1.64. The van der Waals surface area contributed by atoms with E-state index in [4.69, 9.17) is 9.47 Å². The molecule has 1 aliphatic heterocycles. The van der Waals surface area contributed by atoms with Crippen LogP contribution in [0.15, 0.2) is 23.1 Å². The number of rotatable bonds is 0. The Morgan fingerprint density at radius 1 is 1.17 bits per heavy atom. The SMILES string of the molecule is CC1(C)Oc2ccc(S)cc2O1. The van der Waals surface area contributed by atoms with Gasteiger partial charge in [-0.3, -0.25) is 0 Å². The van der Waals surface area contributed by atoms with E-state index in [9.17, 15) is 0 Å². The van der Waals surface area contributed by atoms with E-state index in [1.54, 1.807) is 0 Å². The van der Waals surface area contributed by atoms with Crippen molar-refractivity contribution >= 4 is 12.6 Å². The highest BCUT2D eigenvalue weighted by Crippen LogP contribution is 2.39. The van der Waals surface area contributed by atoms with Crippen LogP contribution in [-0.4, -0.2) is 5.79 Å². The van der Waals surface area contributed by atoms with Gasteiger partial charge in [-0.15, -0.1) is 12.6 Å². The average Bonchev–Trinajstić information content (AvgIpc) is 2.21. The lowest BCUT2D eigenvalue weighted by Crippen LogP contribution is -2.29. The molecule has 0 saturated heterocycles. The summed E-state index contributed by atoms with van der Waals surface area (Å²) in [5.41, 5.74) is 0. The number of ether oxygens (including phenoxy) is 2. The van der Waals surface area contributed by atoms with Crippen LogP contribution < -0.4 is 9.47 Å². The molecule has 1 aliphatic rings. The molecule has 0 saturated carbocycles. The van der Waals surface area contributed by atoms with Crippen LogP contribution in [0.1, 0.15) is 13.8 Å². The van der Waals surface area contributed by atoms with E-state index in [-0.39, 0.29) is 0 Å². The van der Waals surface area contributed by atoms with Gasteiger partial charge in [-0.25, -0.2) is 0 Å². The summed E-state index contributed by atoms with van der Waals surface area (Å²) in [4.78, 5) is 0.884. The minimum absolute atomic E-state index is 0.538. The molecule has 64 valence electrons. The molecular formula is C9H10O2S. The van der Waals surface area contributed by atoms with Crippen molar-refractivity contribution in [1.82, 2.24) is 0 Å². The van der Waals surface area contributed by atoms with Gasteiger partial charge in [0.15, 0.2) is 11.5 Å². The van der Waals surface area contributed by atoms with Crippen LogP contribution in [0.4, 0.5) is 0 Å². The van der Waals surface area contributed by atoms with Gasteiger partial charge in [-0.2, -0.15) is 0 Å². The molecule has 3 heteroatoms. The van der Waals surface area contributed by atoms with Crippen LogP contribution in [0.3, 0.4) is 0 Å². The van der Waals surface area contributed by atoms with Crippen molar-refractivity contribution in [3.8, 4) is 11.5 Å². The summed E-state index contributed by atoms with van der Waals surface area (Å²) < 4.78 is 11.0. The smallest absolute Gasteiger partial charge is 0.246 e. The highest BCUT2D eigenvalue weighted by molar-refractivity contribution is 7.80. The molecule has 0 aliphatic carbocycles. The molecule has 0 atom stereocenters. The number of thiol groups is 1. The Bertz CT molecular complexity index is 320. The van der Waals surface area contributed by atoms with Crippen LogP contribution in [0.5, 0.6) is 11.5 Å². The van der Waals surface area contributed by atoms with Crippen molar-refractivity contribution in [2.24, 2.45) is 0 Å². The zero-order valence-electron chi connectivity index (χ0n) is 7.00. The summed E-state index contributed by atoms with van der Waals surface area (Å²) in [6, 6.07) is 5.60. The van der Waals surface area contributed by atoms with E-state index in [0.717, 1.165) is 16.4 Å². The molecule has 0 bridgehead atoms. The topological polar surface area (TPSA) is 18.5 Å². The normalized spacial score (nSPS) is 17.9. The molecule has 0 spiro atoms. The molecule has 0 amide bonds. The number of hydrogen-bond acceptors (Lipinski definition) is 3. The lowest BCUT2D eigenvalue weighted by Gasteiger charge is -2.16. The Morgan fingerprint density at radius 2 is 1.83 bits per heavy atom. The first-order chi connectivity index (χ1) is 5.57. The lowest BCUT2D eigenvalue weighted by atomic mass is 10.3. The Morgan fingerprint density at radius 3 is 2.58 bits per heavy atom. The standard InChI is InChI=1S/C9H10O2S/c1-9(2)10-7-4-3-6(12)5-8(7)11-9/h3-5,12H,1-2H3. The Balaban J connectivity index is 2.43. The number of benzene rings is 1. The van der Waals surface area contributed by atoms with Crippen LogP contribution in [0.25, 0.3) is 0 Å². The molecule has 0 unspecified atom stereocenters. The fourth-order valence-electron chi connectivity index (χ4n) is 1.21. The maximum Gasteiger partial charge on any atom is 0.246 e. The maximum atomic E-state index is 5.50. The third kappa shape index (κ3) is 1.25. The van der Waals surface area contributed by atoms with Crippen LogP contribution >= 0.6 is 12.6 Å². The number of fused-ring (bicyclic) bond motifs is 1. The molecule has 2 nitrogen and oxygen atoms in total. The molecule has 0 radical (unpaired) electrons. The summed E-state index contributed by atoms with van der Waals surface area (Å²) in [6.45, 7) is 3.76. The minimum atomic E-state index is -0.538. The zero-order chi connectivity index (χ0) is 8.77. The lowest BCUT2D eigenvalue weighted by molar-refractivity contribution is -0.0431. The Kier molecular flexibility index (Phi) is 1.51. The summed E-state index contributed by atoms with van der Waals surface area (Å²) >= 11 is 4.20. The summed E-state index contributed by atoms with van der Waals surface area (Å²) in [5.74, 6) is 1.02. The first-order valence-electron chi connectivity index (χ1n) is 3.78. The number of hydrogen-bond donors (Lipinski definition) is 1. The van der Waals surface area contributed by atoms with E-state index in [0.29, 0.717) is 0 Å². The van der Waals surface area contributed by atoms with Gasteiger partial charge in [0.2, 0.25) is 5.79 Å². The molecule has 0 fully saturated rings. The molecule has 0 N–H and O–H groups in total. The highest BCUT2D eigenvalue weighted by atomic mass is 32.1. The maximum absolute atomic E-state index is 5.50. The zero-order valence-corrected chi connectivity index (χ0v) is 7.89. The molecule has 2 rings (SSSR count). The molecule has 0 aromatic heterocycles. The monoisotopic (exact) mass is 182 g/mol. The molecule has 1 heterocycles. The predicted octanol–water partition coefficient (Wildman–Crippen LogP) is 2.48. The summed E-state index contributed by atoms with van der Waals surface area (Å²) in [6.07, 6.45) is 0. The fourth-order valence-corrected chi connectivity index (χ4v) is 1.40. The quantitative estimate of drug-likeness (QED) is 0.621. The van der Waals surface area contributed by atoms with E-state index < -0.39 is 5.79 Å². The highest BCUT2D eigenvalue weighted by Gasteiger charge is 2.31. The van der Waals surface area contributed by atoms with Gasteiger partial charge >= 0.3 is 0 Å². The first kappa shape index (κ1) is 7.80. The van der Waals surface area contributed by atoms with Gasteiger partial charge < -0.3 is 9.47 Å². The minimum Gasteiger partial charge on any atom is -0.449 e. The van der Waals surface area contributed by atoms with Crippen LogP contribution in [0.2, 0.25) is 0 Å². The van der Waals surface area contributed by atoms with Crippen molar-refractivity contribution in [2.75, 3.05) is 0 Å². The Hall–Kier alpha value is -0.830. The largest absolute Gasteiger partial charge is 0.449 e. The van der Waals surface area contributed by atoms with Crippen molar-refractivity contribution in [3.05, 3.63) is 18.2 Å². The molecular weight excluding hydrogens is 172 g/mol. The van der Waals surface area contributed by atoms with Gasteiger partial charge in [0.1, 0.15) is 0 Å². The van der Waals surface area contributed by atoms with Crippen molar-refractivity contribution in [1.29, 1.82) is 0 Å². The third-order valence-corrected chi connectivity index (χ3v) is 1.92. The van der Waals surface area contributed by atoms with Crippen molar-refractivity contribution < 1.29 is 9.47 Å². The van der Waals surface area contributed by atoms with Crippen LogP contribution in [0, 0.1) is 0 Å². The molecule has 1 aromatic rings. The average molecular weight is 182 g/mol. The first-order valence-corrected chi connectivity index (χ1v) is 4.23. The van der Waals surface area contributed by atoms with E-state index >= 15 is 0 Å². The predicted molar refractivity (Wildman–Crippen MR) is 49.0 cm³/mol. The van der Waals surface area contributed by atoms with Gasteiger partial charge in [-0.05, 0) is 18.2 Å². The second-order valence-corrected chi connectivity index (χ2v) is 3.75. The van der Waals surface area contributed by atoms with Gasteiger partial charge in [0.25, 0.3) is 0 Å². The Labute approximate surface area is 76.9 Å². The van der Waals surface area contributed by atoms with Crippen LogP contribution in [-0.2, 0) is 0 Å². The second-order valence-electron chi connectivity index (χ2n) is 3.23. The van der Waals surface area contributed by atoms with Gasteiger partial charge in [-0.1, -0.05) is 0 Å². The van der Waals surface area contributed by atoms with Gasteiger partial charge in [0, 0.05) is 18.7 Å². The van der Waals surface area contributed by atoms with E-state index in [1.165, 1.54) is 0 Å². The van der Waals surface area contributed by atoms with Gasteiger partial charge in [0.05, 0.1) is 0 Å². The summed E-state index contributed by atoms with van der Waals surface area (Å²) in [7, 11) is 0.